The molecule has 0 aromatic heterocycles. The maximum atomic E-state index is 12.8. The number of piperidine rings is 3. The maximum absolute atomic E-state index is 12.8. The van der Waals surface area contributed by atoms with Crippen molar-refractivity contribution >= 4 is 29.1 Å². The number of piperazine rings is 1. The molecule has 7 nitrogen and oxygen atoms in total. The molecular formula is C26H29ClN4O3. The van der Waals surface area contributed by atoms with Crippen LogP contribution >= 0.6 is 11.6 Å². The number of carbonyl (C=O) groups is 1. The van der Waals surface area contributed by atoms with Gasteiger partial charge in [0.2, 0.25) is 0 Å². The van der Waals surface area contributed by atoms with Crippen molar-refractivity contribution in [3.05, 3.63) is 53.1 Å². The zero-order valence-corrected chi connectivity index (χ0v) is 19.8. The number of halogens is 1. The van der Waals surface area contributed by atoms with E-state index >= 15 is 0 Å². The molecule has 2 bridgehead atoms. The average molecular weight is 481 g/mol. The Hall–Kier alpha value is -2.61. The average Bonchev–Trinajstić information content (AvgIpc) is 3.01. The lowest BCUT2D eigenvalue weighted by Gasteiger charge is -2.44. The van der Waals surface area contributed by atoms with Crippen molar-refractivity contribution in [1.82, 2.24) is 15.1 Å². The molecular weight excluding hydrogens is 452 g/mol. The number of para-hydroxylation sites is 1. The van der Waals surface area contributed by atoms with Crippen LogP contribution in [0.3, 0.4) is 0 Å². The van der Waals surface area contributed by atoms with Crippen LogP contribution in [-0.4, -0.2) is 73.0 Å². The third-order valence-electron chi connectivity index (χ3n) is 7.34. The lowest BCUT2D eigenvalue weighted by Crippen LogP contribution is -2.54. The van der Waals surface area contributed by atoms with E-state index in [-0.39, 0.29) is 18.1 Å². The minimum absolute atomic E-state index is 0.000185. The fourth-order valence-corrected chi connectivity index (χ4v) is 5.72. The summed E-state index contributed by atoms with van der Waals surface area (Å²) in [4.78, 5) is 22.5. The molecule has 0 aliphatic carbocycles. The first-order valence-corrected chi connectivity index (χ1v) is 12.6. The second-order valence-corrected chi connectivity index (χ2v) is 10.0. The SMILES string of the molecule is O=C(C[C@H]1CN(C2=Nc3cc(Cl)ccc3Oc3ccccc32)CCN1)O[C@@H]1CN2CCC1CC2. The highest BCUT2D eigenvalue weighted by atomic mass is 35.5. The summed E-state index contributed by atoms with van der Waals surface area (Å²) in [6.45, 7) is 5.38. The third-order valence-corrected chi connectivity index (χ3v) is 7.58. The summed E-state index contributed by atoms with van der Waals surface area (Å²) < 4.78 is 12.1. The van der Waals surface area contributed by atoms with E-state index < -0.39 is 0 Å². The smallest absolute Gasteiger partial charge is 0.307 e. The van der Waals surface area contributed by atoms with Crippen LogP contribution in [0, 0.1) is 5.92 Å². The molecule has 0 saturated carbocycles. The van der Waals surface area contributed by atoms with Crippen LogP contribution in [0.1, 0.15) is 24.8 Å². The Labute approximate surface area is 204 Å². The van der Waals surface area contributed by atoms with Crippen LogP contribution in [0.25, 0.3) is 0 Å². The molecule has 0 radical (unpaired) electrons. The summed E-state index contributed by atoms with van der Waals surface area (Å²) in [7, 11) is 0. The van der Waals surface area contributed by atoms with Gasteiger partial charge in [-0.15, -0.1) is 0 Å². The summed E-state index contributed by atoms with van der Waals surface area (Å²) in [6, 6.07) is 13.4. The van der Waals surface area contributed by atoms with Gasteiger partial charge in [-0.05, 0) is 62.2 Å². The van der Waals surface area contributed by atoms with E-state index in [4.69, 9.17) is 26.1 Å². The van der Waals surface area contributed by atoms with Crippen molar-refractivity contribution < 1.29 is 14.3 Å². The van der Waals surface area contributed by atoms with Gasteiger partial charge in [-0.2, -0.15) is 0 Å². The van der Waals surface area contributed by atoms with Gasteiger partial charge in [0.15, 0.2) is 5.75 Å². The quantitative estimate of drug-likeness (QED) is 0.674. The van der Waals surface area contributed by atoms with Crippen LogP contribution in [0.4, 0.5) is 5.69 Å². The van der Waals surface area contributed by atoms with Crippen molar-refractivity contribution in [2.24, 2.45) is 10.9 Å². The van der Waals surface area contributed by atoms with Crippen molar-refractivity contribution in [2.45, 2.75) is 31.4 Å². The lowest BCUT2D eigenvalue weighted by molar-refractivity contribution is -0.159. The van der Waals surface area contributed by atoms with Gasteiger partial charge < -0.3 is 19.7 Å². The zero-order valence-electron chi connectivity index (χ0n) is 19.1. The lowest BCUT2D eigenvalue weighted by atomic mass is 9.86. The molecule has 0 unspecified atom stereocenters. The first kappa shape index (κ1) is 21.9. The van der Waals surface area contributed by atoms with E-state index in [9.17, 15) is 4.79 Å². The Bertz CT molecular complexity index is 1110. The molecule has 4 fully saturated rings. The Morgan fingerprint density at radius 1 is 1.12 bits per heavy atom. The molecule has 7 rings (SSSR count). The van der Waals surface area contributed by atoms with Crippen molar-refractivity contribution in [3.8, 4) is 11.5 Å². The molecule has 2 aromatic rings. The fraction of sp³-hybridized carbons (Fsp3) is 0.462. The van der Waals surface area contributed by atoms with Crippen LogP contribution in [0.2, 0.25) is 5.02 Å². The van der Waals surface area contributed by atoms with E-state index in [1.54, 1.807) is 0 Å². The summed E-state index contributed by atoms with van der Waals surface area (Å²) in [5.74, 6) is 2.70. The Morgan fingerprint density at radius 3 is 2.79 bits per heavy atom. The number of fused-ring (bicyclic) bond motifs is 5. The first-order chi connectivity index (χ1) is 16.6. The van der Waals surface area contributed by atoms with Crippen LogP contribution in [0.15, 0.2) is 47.5 Å². The zero-order chi connectivity index (χ0) is 23.1. The summed E-state index contributed by atoms with van der Waals surface area (Å²) in [6.07, 6.45) is 2.68. The molecule has 178 valence electrons. The number of esters is 1. The molecule has 34 heavy (non-hydrogen) atoms. The predicted molar refractivity (Wildman–Crippen MR) is 131 cm³/mol. The number of ether oxygens (including phenoxy) is 2. The van der Waals surface area contributed by atoms with Crippen molar-refractivity contribution in [3.63, 3.8) is 0 Å². The number of carbonyl (C=O) groups excluding carboxylic acids is 1. The number of nitrogens with zero attached hydrogens (tertiary/aromatic N) is 3. The number of hydrogen-bond acceptors (Lipinski definition) is 7. The molecule has 1 N–H and O–H groups in total. The molecule has 4 saturated heterocycles. The fourth-order valence-electron chi connectivity index (χ4n) is 5.56. The second kappa shape index (κ2) is 9.21. The number of nitrogens with one attached hydrogen (secondary N) is 1. The minimum Gasteiger partial charge on any atom is -0.461 e. The second-order valence-electron chi connectivity index (χ2n) is 9.61. The number of aliphatic imine (C=N–C) groups is 1. The number of rotatable bonds is 3. The maximum Gasteiger partial charge on any atom is 0.307 e. The van der Waals surface area contributed by atoms with Gasteiger partial charge in [0, 0.05) is 37.2 Å². The molecule has 5 aliphatic heterocycles. The van der Waals surface area contributed by atoms with Crippen LogP contribution in [-0.2, 0) is 9.53 Å². The molecule has 2 atom stereocenters. The highest BCUT2D eigenvalue weighted by molar-refractivity contribution is 6.31. The van der Waals surface area contributed by atoms with E-state index in [1.165, 1.54) is 0 Å². The standard InChI is InChI=1S/C26H29ClN4O3/c27-18-5-6-23-21(13-18)29-26(20-3-1-2-4-22(20)33-23)31-12-9-28-19(15-31)14-25(32)34-24-16-30-10-7-17(24)8-11-30/h1-6,13,17,19,24,28H,7-12,14-16H2/t19-,24+/m0/s1. The van der Waals surface area contributed by atoms with Gasteiger partial charge >= 0.3 is 5.97 Å². The molecule has 0 amide bonds. The largest absolute Gasteiger partial charge is 0.461 e. The van der Waals surface area contributed by atoms with E-state index in [0.717, 1.165) is 62.7 Å². The summed E-state index contributed by atoms with van der Waals surface area (Å²) >= 11 is 6.26. The third kappa shape index (κ3) is 4.40. The van der Waals surface area contributed by atoms with E-state index in [1.807, 2.05) is 42.5 Å². The highest BCUT2D eigenvalue weighted by Gasteiger charge is 2.37. The molecule has 0 spiro atoms. The molecule has 5 heterocycles. The van der Waals surface area contributed by atoms with E-state index in [2.05, 4.69) is 15.1 Å². The molecule has 5 aliphatic rings. The van der Waals surface area contributed by atoms with Crippen molar-refractivity contribution in [2.75, 3.05) is 39.3 Å². The number of benzene rings is 2. The molecule has 8 heteroatoms. The van der Waals surface area contributed by atoms with Crippen LogP contribution < -0.4 is 10.1 Å². The van der Waals surface area contributed by atoms with Crippen molar-refractivity contribution in [1.29, 1.82) is 0 Å². The predicted octanol–water partition coefficient (Wildman–Crippen LogP) is 3.83. The Morgan fingerprint density at radius 2 is 1.97 bits per heavy atom. The number of amidine groups is 1. The van der Waals surface area contributed by atoms with E-state index in [0.29, 0.717) is 35.3 Å². The Balaban J connectivity index is 1.19. The van der Waals surface area contributed by atoms with Gasteiger partial charge in [-0.25, -0.2) is 4.99 Å². The van der Waals surface area contributed by atoms with Crippen LogP contribution in [0.5, 0.6) is 11.5 Å². The first-order valence-electron chi connectivity index (χ1n) is 12.2. The van der Waals surface area contributed by atoms with Gasteiger partial charge in [-0.1, -0.05) is 23.7 Å². The minimum atomic E-state index is -0.109. The normalized spacial score (nSPS) is 27.7. The summed E-state index contributed by atoms with van der Waals surface area (Å²) in [5.41, 5.74) is 1.64. The molecule has 2 aromatic carbocycles. The highest BCUT2D eigenvalue weighted by Crippen LogP contribution is 2.39. The van der Waals surface area contributed by atoms with Gasteiger partial charge in [0.05, 0.1) is 12.0 Å². The summed E-state index contributed by atoms with van der Waals surface area (Å²) in [5, 5.41) is 4.11. The van der Waals surface area contributed by atoms with Gasteiger partial charge in [0.25, 0.3) is 0 Å². The Kier molecular flexibility index (Phi) is 5.93. The van der Waals surface area contributed by atoms with Gasteiger partial charge in [-0.3, -0.25) is 9.69 Å². The number of hydrogen-bond donors (Lipinski definition) is 1. The monoisotopic (exact) mass is 480 g/mol. The van der Waals surface area contributed by atoms with Gasteiger partial charge in [0.1, 0.15) is 23.4 Å². The topological polar surface area (TPSA) is 66.4 Å².